The molecular weight excluding hydrogens is 258 g/mol. The maximum absolute atomic E-state index is 12.1. The molecule has 2 rings (SSSR count). The van der Waals surface area contributed by atoms with Gasteiger partial charge in [-0.05, 0) is 37.6 Å². The zero-order chi connectivity index (χ0) is 14.7. The highest BCUT2D eigenvalue weighted by Crippen LogP contribution is 2.13. The summed E-state index contributed by atoms with van der Waals surface area (Å²) in [5.41, 5.74) is 2.02. The molecule has 0 radical (unpaired) electrons. The fourth-order valence-corrected chi connectivity index (χ4v) is 1.69. The molecule has 102 valence electrons. The number of nitrogens with zero attached hydrogens (tertiary/aromatic N) is 2. The number of hydrogen-bond acceptors (Lipinski definition) is 4. The van der Waals surface area contributed by atoms with Crippen molar-refractivity contribution in [2.45, 2.75) is 13.8 Å². The van der Waals surface area contributed by atoms with Crippen molar-refractivity contribution in [1.82, 2.24) is 9.97 Å². The molecule has 0 saturated carbocycles. The number of anilines is 1. The predicted molar refractivity (Wildman–Crippen MR) is 72.9 cm³/mol. The van der Waals surface area contributed by atoms with Crippen molar-refractivity contribution < 1.29 is 14.7 Å². The molecule has 6 heteroatoms. The van der Waals surface area contributed by atoms with Crippen LogP contribution in [0.25, 0.3) is 0 Å². The Balaban J connectivity index is 2.24. The normalized spacial score (nSPS) is 10.1. The molecule has 0 fully saturated rings. The summed E-state index contributed by atoms with van der Waals surface area (Å²) >= 11 is 0. The number of aryl methyl sites for hydroxylation is 2. The average molecular weight is 271 g/mol. The second kappa shape index (κ2) is 5.48. The molecule has 0 bridgehead atoms. The number of nitrogens with one attached hydrogen (secondary N) is 1. The molecule has 0 aromatic carbocycles. The molecule has 0 spiro atoms. The van der Waals surface area contributed by atoms with Gasteiger partial charge in [-0.2, -0.15) is 0 Å². The van der Waals surface area contributed by atoms with Crippen LogP contribution in [0.5, 0.6) is 0 Å². The molecule has 20 heavy (non-hydrogen) atoms. The third-order valence-electron chi connectivity index (χ3n) is 2.84. The third-order valence-corrected chi connectivity index (χ3v) is 2.84. The van der Waals surface area contributed by atoms with E-state index in [2.05, 4.69) is 15.3 Å². The highest BCUT2D eigenvalue weighted by Gasteiger charge is 2.13. The molecule has 0 atom stereocenters. The number of carbonyl (C=O) groups excluding carboxylic acids is 1. The standard InChI is InChI=1S/C14H13N3O3/c1-8-5-6-15-7-12(8)17-13(18)11-4-3-10(14(19)20)9(2)16-11/h3-7H,1-2H3,(H,17,18)(H,19,20). The molecule has 0 unspecified atom stereocenters. The van der Waals surface area contributed by atoms with Crippen LogP contribution in [-0.4, -0.2) is 27.0 Å². The molecular formula is C14H13N3O3. The van der Waals surface area contributed by atoms with E-state index in [0.717, 1.165) is 5.56 Å². The second-order valence-electron chi connectivity index (χ2n) is 4.28. The van der Waals surface area contributed by atoms with Crippen molar-refractivity contribution in [2.75, 3.05) is 5.32 Å². The highest BCUT2D eigenvalue weighted by molar-refractivity contribution is 6.03. The summed E-state index contributed by atoms with van der Waals surface area (Å²) in [5, 5.41) is 11.6. The first-order valence-electron chi connectivity index (χ1n) is 5.92. The molecule has 2 aromatic heterocycles. The van der Waals surface area contributed by atoms with Gasteiger partial charge >= 0.3 is 5.97 Å². The first-order valence-corrected chi connectivity index (χ1v) is 5.92. The minimum Gasteiger partial charge on any atom is -0.478 e. The van der Waals surface area contributed by atoms with Crippen LogP contribution in [0.2, 0.25) is 0 Å². The lowest BCUT2D eigenvalue weighted by Crippen LogP contribution is -2.16. The van der Waals surface area contributed by atoms with Gasteiger partial charge in [-0.3, -0.25) is 9.78 Å². The number of carboxylic acids is 1. The van der Waals surface area contributed by atoms with Crippen LogP contribution in [-0.2, 0) is 0 Å². The van der Waals surface area contributed by atoms with Crippen LogP contribution in [0.1, 0.15) is 32.1 Å². The van der Waals surface area contributed by atoms with Crippen LogP contribution >= 0.6 is 0 Å². The molecule has 1 amide bonds. The van der Waals surface area contributed by atoms with Crippen LogP contribution in [0.3, 0.4) is 0 Å². The number of hydrogen-bond donors (Lipinski definition) is 2. The Bertz CT molecular complexity index is 683. The number of carboxylic acid groups (broad SMARTS) is 1. The molecule has 2 aromatic rings. The second-order valence-corrected chi connectivity index (χ2v) is 4.28. The van der Waals surface area contributed by atoms with Crippen molar-refractivity contribution in [3.05, 3.63) is 53.1 Å². The van der Waals surface area contributed by atoms with E-state index in [9.17, 15) is 9.59 Å². The van der Waals surface area contributed by atoms with Gasteiger partial charge in [-0.15, -0.1) is 0 Å². The zero-order valence-corrected chi connectivity index (χ0v) is 11.0. The van der Waals surface area contributed by atoms with Gasteiger partial charge in [0.25, 0.3) is 5.91 Å². The molecule has 2 N–H and O–H groups in total. The van der Waals surface area contributed by atoms with Crippen LogP contribution in [0.4, 0.5) is 5.69 Å². The van der Waals surface area contributed by atoms with E-state index in [-0.39, 0.29) is 11.3 Å². The summed E-state index contributed by atoms with van der Waals surface area (Å²) in [4.78, 5) is 30.9. The monoisotopic (exact) mass is 271 g/mol. The fourth-order valence-electron chi connectivity index (χ4n) is 1.69. The summed E-state index contributed by atoms with van der Waals surface area (Å²) in [6.45, 7) is 3.40. The minimum absolute atomic E-state index is 0.0825. The molecule has 2 heterocycles. The first-order chi connectivity index (χ1) is 9.49. The van der Waals surface area contributed by atoms with Crippen molar-refractivity contribution in [3.8, 4) is 0 Å². The quantitative estimate of drug-likeness (QED) is 0.891. The lowest BCUT2D eigenvalue weighted by atomic mass is 10.2. The number of amides is 1. The first kappa shape index (κ1) is 13.7. The summed E-state index contributed by atoms with van der Waals surface area (Å²) in [5.74, 6) is -1.47. The fraction of sp³-hybridized carbons (Fsp3) is 0.143. The molecule has 0 aliphatic heterocycles. The van der Waals surface area contributed by atoms with Gasteiger partial charge in [-0.1, -0.05) is 0 Å². The topological polar surface area (TPSA) is 92.2 Å². The highest BCUT2D eigenvalue weighted by atomic mass is 16.4. The Morgan fingerprint density at radius 1 is 1.20 bits per heavy atom. The van der Waals surface area contributed by atoms with Crippen LogP contribution < -0.4 is 5.32 Å². The SMILES string of the molecule is Cc1ccncc1NC(=O)c1ccc(C(=O)O)c(C)n1. The van der Waals surface area contributed by atoms with Gasteiger partial charge in [0, 0.05) is 6.20 Å². The van der Waals surface area contributed by atoms with E-state index in [4.69, 9.17) is 5.11 Å². The lowest BCUT2D eigenvalue weighted by Gasteiger charge is -2.08. The summed E-state index contributed by atoms with van der Waals surface area (Å²) in [6, 6.07) is 4.54. The van der Waals surface area contributed by atoms with Crippen LogP contribution in [0.15, 0.2) is 30.6 Å². The summed E-state index contributed by atoms with van der Waals surface area (Å²) in [7, 11) is 0. The maximum Gasteiger partial charge on any atom is 0.337 e. The molecule has 0 aliphatic rings. The Labute approximate surface area is 115 Å². The Kier molecular flexibility index (Phi) is 3.74. The number of aromatic carboxylic acids is 1. The van der Waals surface area contributed by atoms with E-state index in [1.807, 2.05) is 6.92 Å². The van der Waals surface area contributed by atoms with Crippen molar-refractivity contribution in [2.24, 2.45) is 0 Å². The summed E-state index contributed by atoms with van der Waals surface area (Å²) < 4.78 is 0. The molecule has 0 aliphatic carbocycles. The largest absolute Gasteiger partial charge is 0.478 e. The minimum atomic E-state index is -1.06. The number of pyridine rings is 2. The van der Waals surface area contributed by atoms with Gasteiger partial charge in [-0.25, -0.2) is 9.78 Å². The van der Waals surface area contributed by atoms with Gasteiger partial charge in [0.2, 0.25) is 0 Å². The number of aromatic nitrogens is 2. The van der Waals surface area contributed by atoms with E-state index >= 15 is 0 Å². The van der Waals surface area contributed by atoms with Crippen LogP contribution in [0, 0.1) is 13.8 Å². The van der Waals surface area contributed by atoms with Crippen molar-refractivity contribution in [3.63, 3.8) is 0 Å². The zero-order valence-electron chi connectivity index (χ0n) is 11.0. The average Bonchev–Trinajstić information content (AvgIpc) is 2.40. The molecule has 6 nitrogen and oxygen atoms in total. The maximum atomic E-state index is 12.1. The third kappa shape index (κ3) is 2.80. The van der Waals surface area contributed by atoms with Gasteiger partial charge in [0.1, 0.15) is 5.69 Å². The van der Waals surface area contributed by atoms with E-state index < -0.39 is 11.9 Å². The van der Waals surface area contributed by atoms with Gasteiger partial charge in [0.15, 0.2) is 0 Å². The van der Waals surface area contributed by atoms with Gasteiger partial charge < -0.3 is 10.4 Å². The number of rotatable bonds is 3. The Hall–Kier alpha value is -2.76. The predicted octanol–water partition coefficient (Wildman–Crippen LogP) is 2.04. The number of carbonyl (C=O) groups is 2. The van der Waals surface area contributed by atoms with Crippen molar-refractivity contribution in [1.29, 1.82) is 0 Å². The lowest BCUT2D eigenvalue weighted by molar-refractivity contribution is 0.0695. The van der Waals surface area contributed by atoms with Crippen molar-refractivity contribution >= 4 is 17.6 Å². The Morgan fingerprint density at radius 3 is 2.55 bits per heavy atom. The van der Waals surface area contributed by atoms with Gasteiger partial charge in [0.05, 0.1) is 23.1 Å². The van der Waals surface area contributed by atoms with E-state index in [1.165, 1.54) is 12.1 Å². The van der Waals surface area contributed by atoms with E-state index in [0.29, 0.717) is 11.4 Å². The Morgan fingerprint density at radius 2 is 1.95 bits per heavy atom. The smallest absolute Gasteiger partial charge is 0.337 e. The van der Waals surface area contributed by atoms with E-state index in [1.54, 1.807) is 25.4 Å². The summed E-state index contributed by atoms with van der Waals surface area (Å²) in [6.07, 6.45) is 3.18. The molecule has 0 saturated heterocycles.